The van der Waals surface area contributed by atoms with Crippen LogP contribution in [0.25, 0.3) is 0 Å². The van der Waals surface area contributed by atoms with E-state index >= 15 is 0 Å². The van der Waals surface area contributed by atoms with Gasteiger partial charge in [0.05, 0.1) is 6.04 Å². The third-order valence-electron chi connectivity index (χ3n) is 3.42. The van der Waals surface area contributed by atoms with E-state index in [1.807, 2.05) is 37.3 Å². The van der Waals surface area contributed by atoms with E-state index in [9.17, 15) is 9.59 Å². The van der Waals surface area contributed by atoms with Crippen molar-refractivity contribution in [3.8, 4) is 0 Å². The Labute approximate surface area is 136 Å². The number of amides is 2. The molecular weight excluding hydrogens is 290 g/mol. The summed E-state index contributed by atoms with van der Waals surface area (Å²) in [5.41, 5.74) is 1.06. The number of hydrogen-bond donors (Lipinski definition) is 2. The summed E-state index contributed by atoms with van der Waals surface area (Å²) in [6.07, 6.45) is 2.75. The summed E-state index contributed by atoms with van der Waals surface area (Å²) >= 11 is 0. The van der Waals surface area contributed by atoms with E-state index in [1.165, 1.54) is 0 Å². The van der Waals surface area contributed by atoms with Crippen molar-refractivity contribution in [2.24, 2.45) is 0 Å². The molecule has 0 saturated heterocycles. The number of nitrogens with one attached hydrogen (secondary N) is 2. The Balaban J connectivity index is 1.67. The van der Waals surface area contributed by atoms with Gasteiger partial charge < -0.3 is 10.6 Å². The average molecular weight is 311 g/mol. The molecule has 2 amide bonds. The summed E-state index contributed by atoms with van der Waals surface area (Å²) in [4.78, 5) is 27.7. The molecular formula is C18H21N3O2. The molecule has 5 nitrogen and oxygen atoms in total. The molecule has 0 saturated carbocycles. The second-order valence-electron chi connectivity index (χ2n) is 5.32. The van der Waals surface area contributed by atoms with Crippen LogP contribution in [0.1, 0.15) is 37.8 Å². The van der Waals surface area contributed by atoms with Gasteiger partial charge in [0.2, 0.25) is 11.8 Å². The van der Waals surface area contributed by atoms with Crippen molar-refractivity contribution in [3.63, 3.8) is 0 Å². The van der Waals surface area contributed by atoms with Gasteiger partial charge in [0.1, 0.15) is 5.82 Å². The average Bonchev–Trinajstić information content (AvgIpc) is 2.56. The van der Waals surface area contributed by atoms with Gasteiger partial charge in [-0.15, -0.1) is 0 Å². The molecule has 120 valence electrons. The molecule has 2 aromatic rings. The van der Waals surface area contributed by atoms with Crippen LogP contribution in [0.2, 0.25) is 0 Å². The van der Waals surface area contributed by atoms with Crippen molar-refractivity contribution >= 4 is 17.6 Å². The number of anilines is 1. The molecule has 2 rings (SSSR count). The molecule has 0 spiro atoms. The molecule has 1 aromatic carbocycles. The van der Waals surface area contributed by atoms with Gasteiger partial charge in [-0.2, -0.15) is 0 Å². The van der Waals surface area contributed by atoms with E-state index in [1.54, 1.807) is 24.4 Å². The number of benzene rings is 1. The summed E-state index contributed by atoms with van der Waals surface area (Å²) in [5, 5.41) is 5.64. The minimum atomic E-state index is -0.132. The van der Waals surface area contributed by atoms with Crippen LogP contribution < -0.4 is 10.6 Å². The number of hydrogen-bond acceptors (Lipinski definition) is 3. The monoisotopic (exact) mass is 311 g/mol. The van der Waals surface area contributed by atoms with Crippen molar-refractivity contribution in [1.82, 2.24) is 10.3 Å². The zero-order valence-electron chi connectivity index (χ0n) is 13.2. The van der Waals surface area contributed by atoms with Crippen LogP contribution in [0, 0.1) is 0 Å². The standard InChI is InChI=1S/C18H21N3O2/c1-14(15-8-3-2-4-9-15)20-17(22)11-7-12-18(23)21-16-10-5-6-13-19-16/h2-6,8-10,13-14H,7,11-12H2,1H3,(H,20,22)(H,19,21,23)/t14-/m0/s1. The summed E-state index contributed by atoms with van der Waals surface area (Å²) in [6.45, 7) is 1.95. The maximum Gasteiger partial charge on any atom is 0.225 e. The van der Waals surface area contributed by atoms with Gasteiger partial charge in [-0.1, -0.05) is 36.4 Å². The number of rotatable bonds is 7. The number of carbonyl (C=O) groups excluding carboxylic acids is 2. The Morgan fingerprint density at radius 3 is 2.39 bits per heavy atom. The van der Waals surface area contributed by atoms with Crippen LogP contribution in [-0.4, -0.2) is 16.8 Å². The van der Waals surface area contributed by atoms with E-state index in [-0.39, 0.29) is 17.9 Å². The molecule has 0 aliphatic heterocycles. The van der Waals surface area contributed by atoms with Crippen LogP contribution in [-0.2, 0) is 9.59 Å². The van der Waals surface area contributed by atoms with Crippen LogP contribution in [0.3, 0.4) is 0 Å². The molecule has 0 fully saturated rings. The van der Waals surface area contributed by atoms with Crippen molar-refractivity contribution in [2.45, 2.75) is 32.2 Å². The fourth-order valence-electron chi connectivity index (χ4n) is 2.19. The lowest BCUT2D eigenvalue weighted by Gasteiger charge is -2.14. The second-order valence-corrected chi connectivity index (χ2v) is 5.32. The first kappa shape index (κ1) is 16.7. The van der Waals surface area contributed by atoms with E-state index < -0.39 is 0 Å². The second kappa shape index (κ2) is 8.68. The lowest BCUT2D eigenvalue weighted by atomic mass is 10.1. The molecule has 1 heterocycles. The highest BCUT2D eigenvalue weighted by atomic mass is 16.2. The molecule has 5 heteroatoms. The maximum atomic E-state index is 11.9. The Morgan fingerprint density at radius 1 is 1.00 bits per heavy atom. The molecule has 1 aromatic heterocycles. The van der Waals surface area contributed by atoms with E-state index in [4.69, 9.17) is 0 Å². The normalized spacial score (nSPS) is 11.5. The van der Waals surface area contributed by atoms with Gasteiger partial charge in [0, 0.05) is 19.0 Å². The predicted molar refractivity (Wildman–Crippen MR) is 89.7 cm³/mol. The van der Waals surface area contributed by atoms with Gasteiger partial charge in [0.25, 0.3) is 0 Å². The SMILES string of the molecule is C[C@H](NC(=O)CCCC(=O)Nc1ccccn1)c1ccccc1. The van der Waals surface area contributed by atoms with Crippen molar-refractivity contribution < 1.29 is 9.59 Å². The highest BCUT2D eigenvalue weighted by Gasteiger charge is 2.10. The molecule has 0 bridgehead atoms. The Morgan fingerprint density at radius 2 is 1.70 bits per heavy atom. The Kier molecular flexibility index (Phi) is 6.29. The maximum absolute atomic E-state index is 11.9. The zero-order valence-corrected chi connectivity index (χ0v) is 13.2. The fourth-order valence-corrected chi connectivity index (χ4v) is 2.19. The number of nitrogens with zero attached hydrogens (tertiary/aromatic N) is 1. The summed E-state index contributed by atoms with van der Waals surface area (Å²) in [7, 11) is 0. The quantitative estimate of drug-likeness (QED) is 0.825. The first-order valence-electron chi connectivity index (χ1n) is 7.70. The van der Waals surface area contributed by atoms with E-state index in [2.05, 4.69) is 15.6 Å². The van der Waals surface area contributed by atoms with Crippen molar-refractivity contribution in [3.05, 3.63) is 60.3 Å². The fraction of sp³-hybridized carbons (Fsp3) is 0.278. The van der Waals surface area contributed by atoms with Gasteiger partial charge in [-0.3, -0.25) is 9.59 Å². The molecule has 0 aliphatic carbocycles. The van der Waals surface area contributed by atoms with Crippen LogP contribution in [0.5, 0.6) is 0 Å². The molecule has 1 atom stereocenters. The summed E-state index contributed by atoms with van der Waals surface area (Å²) in [5.74, 6) is 0.347. The summed E-state index contributed by atoms with van der Waals surface area (Å²) < 4.78 is 0. The third kappa shape index (κ3) is 5.90. The number of carbonyl (C=O) groups is 2. The Hall–Kier alpha value is -2.69. The minimum absolute atomic E-state index is 0.0361. The molecule has 0 radical (unpaired) electrons. The molecule has 2 N–H and O–H groups in total. The lowest BCUT2D eigenvalue weighted by molar-refractivity contribution is -0.122. The largest absolute Gasteiger partial charge is 0.350 e. The lowest BCUT2D eigenvalue weighted by Crippen LogP contribution is -2.26. The van der Waals surface area contributed by atoms with Crippen LogP contribution in [0.15, 0.2) is 54.7 Å². The van der Waals surface area contributed by atoms with Gasteiger partial charge in [-0.25, -0.2) is 4.98 Å². The number of pyridine rings is 1. The first-order valence-corrected chi connectivity index (χ1v) is 7.70. The predicted octanol–water partition coefficient (Wildman–Crippen LogP) is 3.07. The Bertz CT molecular complexity index is 629. The smallest absolute Gasteiger partial charge is 0.225 e. The van der Waals surface area contributed by atoms with Crippen LogP contribution >= 0.6 is 0 Å². The summed E-state index contributed by atoms with van der Waals surface area (Å²) in [6, 6.07) is 15.1. The third-order valence-corrected chi connectivity index (χ3v) is 3.42. The molecule has 0 unspecified atom stereocenters. The first-order chi connectivity index (χ1) is 11.1. The minimum Gasteiger partial charge on any atom is -0.350 e. The number of aromatic nitrogens is 1. The highest BCUT2D eigenvalue weighted by Crippen LogP contribution is 2.11. The van der Waals surface area contributed by atoms with Crippen molar-refractivity contribution in [1.29, 1.82) is 0 Å². The highest BCUT2D eigenvalue weighted by molar-refractivity contribution is 5.90. The van der Waals surface area contributed by atoms with Gasteiger partial charge in [0.15, 0.2) is 0 Å². The van der Waals surface area contributed by atoms with E-state index in [0.717, 1.165) is 5.56 Å². The van der Waals surface area contributed by atoms with E-state index in [0.29, 0.717) is 25.1 Å². The molecule has 0 aliphatic rings. The topological polar surface area (TPSA) is 71.1 Å². The zero-order chi connectivity index (χ0) is 16.5. The van der Waals surface area contributed by atoms with Crippen LogP contribution in [0.4, 0.5) is 5.82 Å². The molecule has 23 heavy (non-hydrogen) atoms. The van der Waals surface area contributed by atoms with Gasteiger partial charge >= 0.3 is 0 Å². The van der Waals surface area contributed by atoms with Gasteiger partial charge in [-0.05, 0) is 31.0 Å². The van der Waals surface area contributed by atoms with Crippen molar-refractivity contribution in [2.75, 3.05) is 5.32 Å².